The molecule has 0 saturated heterocycles. The molecule has 2 unspecified atom stereocenters. The molecule has 0 aromatic heterocycles. The highest BCUT2D eigenvalue weighted by molar-refractivity contribution is 9.10. The second-order valence-electron chi connectivity index (χ2n) is 5.76. The van der Waals surface area contributed by atoms with Gasteiger partial charge in [0.25, 0.3) is 0 Å². The Labute approximate surface area is 139 Å². The fourth-order valence-electron chi connectivity index (χ4n) is 3.02. The van der Waals surface area contributed by atoms with Gasteiger partial charge in [0.15, 0.2) is 0 Å². The predicted octanol–water partition coefficient (Wildman–Crippen LogP) is 5.03. The van der Waals surface area contributed by atoms with Gasteiger partial charge in [0.1, 0.15) is 5.54 Å². The monoisotopic (exact) mass is 373 g/mol. The molecule has 0 spiro atoms. The van der Waals surface area contributed by atoms with Gasteiger partial charge in [-0.15, -0.1) is 0 Å². The molecule has 1 aliphatic rings. The van der Waals surface area contributed by atoms with E-state index in [1.807, 2.05) is 25.1 Å². The molecule has 2 rings (SSSR count). The topological polar surface area (TPSA) is 38.3 Å². The Bertz CT molecular complexity index is 523. The van der Waals surface area contributed by atoms with Crippen LogP contribution in [0.3, 0.4) is 0 Å². The summed E-state index contributed by atoms with van der Waals surface area (Å²) in [5, 5.41) is 4.07. The van der Waals surface area contributed by atoms with Gasteiger partial charge in [0.05, 0.1) is 11.6 Å². The summed E-state index contributed by atoms with van der Waals surface area (Å²) in [4.78, 5) is 12.5. The number of esters is 1. The molecule has 2 atom stereocenters. The second kappa shape index (κ2) is 7.01. The summed E-state index contributed by atoms with van der Waals surface area (Å²) < 4.78 is 6.14. The lowest BCUT2D eigenvalue weighted by Gasteiger charge is -2.39. The summed E-state index contributed by atoms with van der Waals surface area (Å²) >= 11 is 9.45. The summed E-state index contributed by atoms with van der Waals surface area (Å²) in [6, 6.07) is 5.62. The second-order valence-corrected chi connectivity index (χ2v) is 7.02. The van der Waals surface area contributed by atoms with Crippen molar-refractivity contribution in [2.75, 3.05) is 11.9 Å². The molecular weight excluding hydrogens is 354 g/mol. The maximum atomic E-state index is 12.5. The number of carbonyl (C=O) groups excluding carboxylic acids is 1. The van der Waals surface area contributed by atoms with Gasteiger partial charge in [-0.3, -0.25) is 0 Å². The Hall–Kier alpha value is -0.740. The van der Waals surface area contributed by atoms with Crippen LogP contribution in [0.2, 0.25) is 5.02 Å². The van der Waals surface area contributed by atoms with Crippen molar-refractivity contribution in [1.29, 1.82) is 0 Å². The third-order valence-corrected chi connectivity index (χ3v) is 5.18. The first-order chi connectivity index (χ1) is 9.97. The summed E-state index contributed by atoms with van der Waals surface area (Å²) in [6.45, 7) is 4.43. The van der Waals surface area contributed by atoms with Crippen LogP contribution in [0, 0.1) is 5.92 Å². The minimum Gasteiger partial charge on any atom is -0.464 e. The van der Waals surface area contributed by atoms with Gasteiger partial charge in [-0.2, -0.15) is 0 Å². The minimum atomic E-state index is -0.624. The third-order valence-electron chi connectivity index (χ3n) is 3.97. The molecule has 1 N–H and O–H groups in total. The normalized spacial score (nSPS) is 25.4. The van der Waals surface area contributed by atoms with Crippen LogP contribution in [-0.2, 0) is 9.53 Å². The number of rotatable bonds is 4. The van der Waals surface area contributed by atoms with Crippen LogP contribution in [0.1, 0.15) is 39.5 Å². The van der Waals surface area contributed by atoms with Crippen molar-refractivity contribution >= 4 is 39.2 Å². The number of nitrogens with one attached hydrogen (secondary N) is 1. The van der Waals surface area contributed by atoms with E-state index in [1.54, 1.807) is 0 Å². The highest BCUT2D eigenvalue weighted by Crippen LogP contribution is 2.37. The quantitative estimate of drug-likeness (QED) is 0.751. The molecule has 1 saturated carbocycles. The molecule has 0 heterocycles. The van der Waals surface area contributed by atoms with Crippen LogP contribution < -0.4 is 5.32 Å². The van der Waals surface area contributed by atoms with Gasteiger partial charge >= 0.3 is 5.97 Å². The van der Waals surface area contributed by atoms with Crippen LogP contribution in [-0.4, -0.2) is 18.1 Å². The molecule has 116 valence electrons. The van der Waals surface area contributed by atoms with Crippen LogP contribution in [0.15, 0.2) is 22.7 Å². The zero-order valence-electron chi connectivity index (χ0n) is 12.4. The van der Waals surface area contributed by atoms with E-state index < -0.39 is 5.54 Å². The minimum absolute atomic E-state index is 0.150. The average molecular weight is 375 g/mol. The zero-order valence-corrected chi connectivity index (χ0v) is 14.8. The van der Waals surface area contributed by atoms with Crippen LogP contribution in [0.5, 0.6) is 0 Å². The fourth-order valence-corrected chi connectivity index (χ4v) is 3.52. The van der Waals surface area contributed by atoms with Gasteiger partial charge in [-0.1, -0.05) is 31.4 Å². The van der Waals surface area contributed by atoms with Crippen molar-refractivity contribution in [2.45, 2.75) is 45.1 Å². The van der Waals surface area contributed by atoms with Gasteiger partial charge in [-0.05, 0) is 59.8 Å². The van der Waals surface area contributed by atoms with Crippen molar-refractivity contribution in [3.63, 3.8) is 0 Å². The van der Waals surface area contributed by atoms with E-state index in [9.17, 15) is 4.79 Å². The van der Waals surface area contributed by atoms with E-state index in [0.29, 0.717) is 17.5 Å². The van der Waals surface area contributed by atoms with Crippen molar-refractivity contribution < 1.29 is 9.53 Å². The first kappa shape index (κ1) is 16.6. The van der Waals surface area contributed by atoms with E-state index in [4.69, 9.17) is 16.3 Å². The van der Waals surface area contributed by atoms with Crippen LogP contribution in [0.4, 0.5) is 5.69 Å². The lowest BCUT2D eigenvalue weighted by atomic mass is 9.76. The molecule has 5 heteroatoms. The number of hydrogen-bond acceptors (Lipinski definition) is 3. The molecule has 1 aromatic carbocycles. The van der Waals surface area contributed by atoms with Gasteiger partial charge < -0.3 is 10.1 Å². The van der Waals surface area contributed by atoms with Crippen molar-refractivity contribution in [3.8, 4) is 0 Å². The van der Waals surface area contributed by atoms with Crippen LogP contribution in [0.25, 0.3) is 0 Å². The maximum absolute atomic E-state index is 12.5. The molecular formula is C16H21BrClNO2. The maximum Gasteiger partial charge on any atom is 0.331 e. The van der Waals surface area contributed by atoms with E-state index in [0.717, 1.165) is 35.8 Å². The molecule has 3 nitrogen and oxygen atoms in total. The van der Waals surface area contributed by atoms with Crippen molar-refractivity contribution in [1.82, 2.24) is 0 Å². The van der Waals surface area contributed by atoms with E-state index in [1.165, 1.54) is 0 Å². The number of ether oxygens (including phenoxy) is 1. The lowest BCUT2D eigenvalue weighted by Crippen LogP contribution is -2.50. The number of benzene rings is 1. The number of carbonyl (C=O) groups is 1. The fraction of sp³-hybridized carbons (Fsp3) is 0.562. The Morgan fingerprint density at radius 3 is 2.95 bits per heavy atom. The first-order valence-electron chi connectivity index (χ1n) is 7.37. The van der Waals surface area contributed by atoms with E-state index in [2.05, 4.69) is 28.2 Å². The number of hydrogen-bond donors (Lipinski definition) is 1. The summed E-state index contributed by atoms with van der Waals surface area (Å²) in [7, 11) is 0. The van der Waals surface area contributed by atoms with Crippen LogP contribution >= 0.6 is 27.5 Å². The number of halogens is 2. The molecule has 1 aliphatic carbocycles. The molecule has 0 radical (unpaired) electrons. The third kappa shape index (κ3) is 3.92. The van der Waals surface area contributed by atoms with Gasteiger partial charge in [-0.25, -0.2) is 4.79 Å². The molecule has 1 aromatic rings. The molecule has 1 fully saturated rings. The Morgan fingerprint density at radius 1 is 1.57 bits per heavy atom. The largest absolute Gasteiger partial charge is 0.464 e. The SMILES string of the molecule is CCOC(=O)C1(Nc2ccc(Cl)c(Br)c2)CCCC(C)C1. The summed E-state index contributed by atoms with van der Waals surface area (Å²) in [5.74, 6) is 0.356. The average Bonchev–Trinajstić information content (AvgIpc) is 2.43. The molecule has 0 amide bonds. The zero-order chi connectivity index (χ0) is 15.5. The highest BCUT2D eigenvalue weighted by atomic mass is 79.9. The smallest absolute Gasteiger partial charge is 0.331 e. The predicted molar refractivity (Wildman–Crippen MR) is 89.8 cm³/mol. The lowest BCUT2D eigenvalue weighted by molar-refractivity contribution is -0.150. The molecule has 0 aliphatic heterocycles. The Kier molecular flexibility index (Phi) is 5.55. The number of anilines is 1. The summed E-state index contributed by atoms with van der Waals surface area (Å²) in [6.07, 6.45) is 3.79. The first-order valence-corrected chi connectivity index (χ1v) is 8.54. The van der Waals surface area contributed by atoms with Crippen molar-refractivity contribution in [3.05, 3.63) is 27.7 Å². The molecule has 0 bridgehead atoms. The Balaban J connectivity index is 2.26. The van der Waals surface area contributed by atoms with Gasteiger partial charge in [0.2, 0.25) is 0 Å². The van der Waals surface area contributed by atoms with Gasteiger partial charge in [0, 0.05) is 10.2 Å². The highest BCUT2D eigenvalue weighted by Gasteiger charge is 2.43. The van der Waals surface area contributed by atoms with E-state index >= 15 is 0 Å². The van der Waals surface area contributed by atoms with E-state index in [-0.39, 0.29) is 5.97 Å². The van der Waals surface area contributed by atoms with Crippen molar-refractivity contribution in [2.24, 2.45) is 5.92 Å². The standard InChI is InChI=1S/C16H21BrClNO2/c1-3-21-15(20)16(8-4-5-11(2)10-16)19-12-6-7-14(18)13(17)9-12/h6-7,9,11,19H,3-5,8,10H2,1-2H3. The molecule has 21 heavy (non-hydrogen) atoms. The summed E-state index contributed by atoms with van der Waals surface area (Å²) in [5.41, 5.74) is 0.259. The Morgan fingerprint density at radius 2 is 2.33 bits per heavy atom.